The predicted octanol–water partition coefficient (Wildman–Crippen LogP) is 5.10. The van der Waals surface area contributed by atoms with Gasteiger partial charge in [0.1, 0.15) is 17.3 Å². The van der Waals surface area contributed by atoms with Gasteiger partial charge in [-0.05, 0) is 49.8 Å². The molecule has 230 valence electrons. The van der Waals surface area contributed by atoms with Crippen LogP contribution < -0.4 is 10.1 Å². The summed E-state index contributed by atoms with van der Waals surface area (Å²) in [7, 11) is -4.26. The highest BCUT2D eigenvalue weighted by Gasteiger charge is 2.54. The van der Waals surface area contributed by atoms with Crippen molar-refractivity contribution in [2.45, 2.75) is 84.7 Å². The number of halogens is 4. The molecule has 1 N–H and O–H groups in total. The quantitative estimate of drug-likeness (QED) is 0.431. The summed E-state index contributed by atoms with van der Waals surface area (Å²) in [5.41, 5.74) is -1.16. The van der Waals surface area contributed by atoms with Crippen molar-refractivity contribution in [2.75, 3.05) is 13.2 Å². The van der Waals surface area contributed by atoms with Crippen LogP contribution in [0.4, 0.5) is 13.2 Å². The number of nitrogens with one attached hydrogen (secondary N) is 1. The number of amides is 2. The summed E-state index contributed by atoms with van der Waals surface area (Å²) < 4.78 is 70.2. The van der Waals surface area contributed by atoms with Gasteiger partial charge in [0.2, 0.25) is 11.8 Å². The number of benzene rings is 2. The molecule has 0 radical (unpaired) electrons. The number of nitrogens with zero attached hydrogens (tertiary/aromatic N) is 2. The maximum atomic E-state index is 14.5. The molecule has 1 aliphatic heterocycles. The first kappa shape index (κ1) is 31.1. The van der Waals surface area contributed by atoms with Gasteiger partial charge in [0.25, 0.3) is 0 Å². The third kappa shape index (κ3) is 6.34. The lowest BCUT2D eigenvalue weighted by molar-refractivity contribution is -0.153. The number of carbonyl (C=O) groups is 2. The Labute approximate surface area is 253 Å². The number of ether oxygens (including phenoxy) is 1. The maximum absolute atomic E-state index is 14.5. The first-order valence-corrected chi connectivity index (χ1v) is 16.1. The van der Waals surface area contributed by atoms with Gasteiger partial charge < -0.3 is 15.0 Å². The molecule has 13 heteroatoms. The molecule has 1 saturated heterocycles. The molecule has 8 nitrogen and oxygen atoms in total. The standard InChI is InChI=1S/C30H31ClF3N3O5S/c31-23-15-21(42-19-30(32,33)34)9-10-25(23)43(40,41)22-16-24(26(38)36-28(18-35)13-14-28)37(17-22)27(39)29(11-5-2-6-12-29)20-7-3-1-4-8-20/h1,3-4,7-10,15,22,24H,2,5-6,11-14,16-17,19H2,(H,36,38)/t22-,24+/m1/s1. The van der Waals surface area contributed by atoms with Gasteiger partial charge in [-0.3, -0.25) is 9.59 Å². The molecule has 3 aliphatic rings. The second-order valence-corrected chi connectivity index (χ2v) is 14.2. The molecule has 2 aromatic carbocycles. The predicted molar refractivity (Wildman–Crippen MR) is 151 cm³/mol. The Balaban J connectivity index is 1.47. The van der Waals surface area contributed by atoms with Gasteiger partial charge in [0.05, 0.1) is 26.7 Å². The van der Waals surface area contributed by atoms with Crippen molar-refractivity contribution in [1.82, 2.24) is 10.2 Å². The van der Waals surface area contributed by atoms with Crippen molar-refractivity contribution in [2.24, 2.45) is 0 Å². The van der Waals surface area contributed by atoms with E-state index >= 15 is 0 Å². The van der Waals surface area contributed by atoms with Crippen LogP contribution in [-0.4, -0.2) is 61.3 Å². The zero-order chi connectivity index (χ0) is 31.0. The normalized spacial score (nSPS) is 22.8. The Hall–Kier alpha value is -3.30. The van der Waals surface area contributed by atoms with Crippen LogP contribution in [0, 0.1) is 11.3 Å². The van der Waals surface area contributed by atoms with Crippen LogP contribution in [0.3, 0.4) is 0 Å². The smallest absolute Gasteiger partial charge is 0.422 e. The van der Waals surface area contributed by atoms with Crippen molar-refractivity contribution in [3.63, 3.8) is 0 Å². The van der Waals surface area contributed by atoms with Gasteiger partial charge in [-0.2, -0.15) is 18.4 Å². The van der Waals surface area contributed by atoms with E-state index in [1.54, 1.807) is 0 Å². The highest BCUT2D eigenvalue weighted by molar-refractivity contribution is 7.92. The van der Waals surface area contributed by atoms with Crippen LogP contribution in [0.1, 0.15) is 56.9 Å². The Morgan fingerprint density at radius 1 is 1.07 bits per heavy atom. The van der Waals surface area contributed by atoms with E-state index in [4.69, 9.17) is 11.6 Å². The number of carbonyl (C=O) groups excluding carboxylic acids is 2. The average molecular weight is 638 g/mol. The van der Waals surface area contributed by atoms with Gasteiger partial charge in [-0.1, -0.05) is 61.2 Å². The maximum Gasteiger partial charge on any atom is 0.422 e. The van der Waals surface area contributed by atoms with Crippen molar-refractivity contribution < 1.29 is 35.9 Å². The second-order valence-electron chi connectivity index (χ2n) is 11.6. The van der Waals surface area contributed by atoms with E-state index < -0.39 is 50.8 Å². The van der Waals surface area contributed by atoms with Crippen molar-refractivity contribution in [3.8, 4) is 11.8 Å². The molecule has 43 heavy (non-hydrogen) atoms. The van der Waals surface area contributed by atoms with Crippen LogP contribution in [0.5, 0.6) is 5.75 Å². The minimum absolute atomic E-state index is 0.227. The number of hydrogen-bond donors (Lipinski definition) is 1. The first-order chi connectivity index (χ1) is 20.3. The minimum atomic E-state index is -4.59. The van der Waals surface area contributed by atoms with Gasteiger partial charge in [0.15, 0.2) is 16.4 Å². The molecular weight excluding hydrogens is 607 g/mol. The van der Waals surface area contributed by atoms with Gasteiger partial charge >= 0.3 is 6.18 Å². The fourth-order valence-corrected chi connectivity index (χ4v) is 8.40. The van der Waals surface area contributed by atoms with Crippen molar-refractivity contribution >= 4 is 33.3 Å². The third-order valence-corrected chi connectivity index (χ3v) is 11.3. The summed E-state index contributed by atoms with van der Waals surface area (Å²) in [4.78, 5) is 29.1. The molecule has 2 atom stereocenters. The molecule has 2 amide bonds. The fourth-order valence-electron chi connectivity index (χ4n) is 6.16. The molecule has 0 unspecified atom stereocenters. The first-order valence-electron chi connectivity index (χ1n) is 14.1. The topological polar surface area (TPSA) is 117 Å². The summed E-state index contributed by atoms with van der Waals surface area (Å²) in [6.45, 7) is -1.85. The van der Waals surface area contributed by atoms with Gasteiger partial charge in [-0.25, -0.2) is 8.42 Å². The lowest BCUT2D eigenvalue weighted by atomic mass is 9.68. The van der Waals surface area contributed by atoms with E-state index in [0.29, 0.717) is 25.7 Å². The number of alkyl halides is 3. The zero-order valence-corrected chi connectivity index (χ0v) is 24.8. The fraction of sp³-hybridized carbons (Fsp3) is 0.500. The Morgan fingerprint density at radius 3 is 2.33 bits per heavy atom. The van der Waals surface area contributed by atoms with Crippen LogP contribution in [0.25, 0.3) is 0 Å². The number of sulfone groups is 1. The SMILES string of the molecule is N#CC1(NC(=O)[C@@H]2C[C@@H](S(=O)(=O)c3ccc(OCC(F)(F)F)cc3Cl)CN2C(=O)C2(c3ccccc3)CCCCC2)CC1. The minimum Gasteiger partial charge on any atom is -0.484 e. The van der Waals surface area contributed by atoms with E-state index in [-0.39, 0.29) is 34.5 Å². The molecule has 2 saturated carbocycles. The molecule has 1 heterocycles. The summed E-state index contributed by atoms with van der Waals surface area (Å²) in [6, 6.07) is 13.4. The third-order valence-electron chi connectivity index (χ3n) is 8.65. The van der Waals surface area contributed by atoms with Gasteiger partial charge in [-0.15, -0.1) is 0 Å². The molecular formula is C30H31ClF3N3O5S. The zero-order valence-electron chi connectivity index (χ0n) is 23.2. The second kappa shape index (κ2) is 11.7. The number of rotatable bonds is 8. The number of hydrogen-bond acceptors (Lipinski definition) is 6. The molecule has 5 rings (SSSR count). The van der Waals surface area contributed by atoms with E-state index in [1.165, 1.54) is 4.90 Å². The molecule has 2 aromatic rings. The van der Waals surface area contributed by atoms with Crippen molar-refractivity contribution in [3.05, 3.63) is 59.1 Å². The summed E-state index contributed by atoms with van der Waals surface area (Å²) in [5, 5.41) is 10.7. The van der Waals surface area contributed by atoms with Gasteiger partial charge in [0, 0.05) is 12.6 Å². The summed E-state index contributed by atoms with van der Waals surface area (Å²) >= 11 is 6.24. The Morgan fingerprint density at radius 2 is 1.74 bits per heavy atom. The Kier molecular flexibility index (Phi) is 8.44. The van der Waals surface area contributed by atoms with Crippen LogP contribution in [0.2, 0.25) is 5.02 Å². The largest absolute Gasteiger partial charge is 0.484 e. The molecule has 0 bridgehead atoms. The number of likely N-dealkylation sites (tertiary alicyclic amines) is 1. The molecule has 3 fully saturated rings. The monoisotopic (exact) mass is 637 g/mol. The van der Waals surface area contributed by atoms with E-state index in [9.17, 15) is 36.4 Å². The average Bonchev–Trinajstić information content (AvgIpc) is 3.60. The van der Waals surface area contributed by atoms with Crippen molar-refractivity contribution in [1.29, 1.82) is 5.26 Å². The lowest BCUT2D eigenvalue weighted by Crippen LogP contribution is -2.55. The molecule has 2 aliphatic carbocycles. The summed E-state index contributed by atoms with van der Waals surface area (Å²) in [5.74, 6) is -1.18. The van der Waals surface area contributed by atoms with E-state index in [2.05, 4.69) is 16.1 Å². The highest BCUT2D eigenvalue weighted by atomic mass is 35.5. The summed E-state index contributed by atoms with van der Waals surface area (Å²) in [6.07, 6.45) is -0.257. The molecule has 0 aromatic heterocycles. The molecule has 0 spiro atoms. The van der Waals surface area contributed by atoms with Crippen LogP contribution in [0.15, 0.2) is 53.4 Å². The van der Waals surface area contributed by atoms with Crippen LogP contribution >= 0.6 is 11.6 Å². The van der Waals surface area contributed by atoms with Crippen LogP contribution in [-0.2, 0) is 24.8 Å². The lowest BCUT2D eigenvalue weighted by Gasteiger charge is -2.40. The van der Waals surface area contributed by atoms with E-state index in [0.717, 1.165) is 43.0 Å². The van der Waals surface area contributed by atoms with E-state index in [1.807, 2.05) is 30.3 Å². The highest BCUT2D eigenvalue weighted by Crippen LogP contribution is 2.44. The Bertz CT molecular complexity index is 1530. The number of nitriles is 1.